The number of hydrogen-bond acceptors (Lipinski definition) is 2. The van der Waals surface area contributed by atoms with Crippen LogP contribution in [0.15, 0.2) is 18.2 Å². The van der Waals surface area contributed by atoms with Gasteiger partial charge in [0.15, 0.2) is 0 Å². The van der Waals surface area contributed by atoms with Gasteiger partial charge < -0.3 is 10.3 Å². The average molecular weight is 297 g/mol. The zero-order chi connectivity index (χ0) is 15.2. The number of alkyl halides is 3. The highest BCUT2D eigenvalue weighted by Gasteiger charge is 2.39. The van der Waals surface area contributed by atoms with Crippen LogP contribution in [0.5, 0.6) is 0 Å². The minimum atomic E-state index is -4.45. The number of nitrogens with zero attached hydrogens (tertiary/aromatic N) is 2. The molecule has 0 saturated heterocycles. The van der Waals surface area contributed by atoms with Crippen molar-refractivity contribution < 1.29 is 13.2 Å². The lowest BCUT2D eigenvalue weighted by Crippen LogP contribution is -2.23. The molecule has 6 heteroatoms. The average Bonchev–Trinajstić information content (AvgIpc) is 2.77. The molecule has 1 fully saturated rings. The monoisotopic (exact) mass is 297 g/mol. The lowest BCUT2D eigenvalue weighted by molar-refractivity contribution is -0.147. The van der Waals surface area contributed by atoms with E-state index in [9.17, 15) is 13.2 Å². The van der Waals surface area contributed by atoms with E-state index in [-0.39, 0.29) is 6.04 Å². The lowest BCUT2D eigenvalue weighted by atomic mass is 9.87. The van der Waals surface area contributed by atoms with Crippen LogP contribution in [0.1, 0.15) is 44.5 Å². The molecule has 3 nitrogen and oxygen atoms in total. The van der Waals surface area contributed by atoms with Crippen molar-refractivity contribution in [3.63, 3.8) is 0 Å². The Hall–Kier alpha value is -1.72. The number of nitrogens with two attached hydrogens (primary N) is 1. The molecule has 3 rings (SSSR count). The van der Waals surface area contributed by atoms with Crippen LogP contribution < -0.4 is 5.73 Å². The number of rotatable bonds is 1. The second-order valence-electron chi connectivity index (χ2n) is 5.98. The first-order chi connectivity index (χ1) is 9.86. The van der Waals surface area contributed by atoms with Crippen molar-refractivity contribution in [2.75, 3.05) is 5.73 Å². The fraction of sp³-hybridized carbons (Fsp3) is 0.533. The van der Waals surface area contributed by atoms with E-state index >= 15 is 0 Å². The molecule has 1 aromatic heterocycles. The Morgan fingerprint density at radius 3 is 2.71 bits per heavy atom. The molecule has 0 bridgehead atoms. The summed E-state index contributed by atoms with van der Waals surface area (Å²) in [7, 11) is 0. The van der Waals surface area contributed by atoms with Gasteiger partial charge in [0.05, 0.1) is 11.0 Å². The number of halogens is 3. The molecule has 2 aromatic rings. The van der Waals surface area contributed by atoms with Gasteiger partial charge in [-0.05, 0) is 37.0 Å². The summed E-state index contributed by atoms with van der Waals surface area (Å²) in [6.45, 7) is 2.09. The molecule has 1 heterocycles. The zero-order valence-corrected chi connectivity index (χ0v) is 11.8. The molecule has 2 N–H and O–H groups in total. The largest absolute Gasteiger partial charge is 0.449 e. The van der Waals surface area contributed by atoms with Gasteiger partial charge in [0.1, 0.15) is 0 Å². The van der Waals surface area contributed by atoms with Gasteiger partial charge >= 0.3 is 6.18 Å². The summed E-state index contributed by atoms with van der Waals surface area (Å²) < 4.78 is 41.4. The van der Waals surface area contributed by atoms with Crippen molar-refractivity contribution in [2.24, 2.45) is 5.92 Å². The van der Waals surface area contributed by atoms with E-state index in [1.807, 2.05) is 0 Å². The number of aromatic nitrogens is 2. The van der Waals surface area contributed by atoms with Crippen LogP contribution in [-0.2, 0) is 6.18 Å². The first kappa shape index (κ1) is 14.2. The van der Waals surface area contributed by atoms with E-state index in [1.165, 1.54) is 10.6 Å². The summed E-state index contributed by atoms with van der Waals surface area (Å²) in [4.78, 5) is 3.80. The normalized spacial score (nSPS) is 23.6. The Balaban J connectivity index is 2.18. The quantitative estimate of drug-likeness (QED) is 0.793. The molecule has 1 aliphatic carbocycles. The van der Waals surface area contributed by atoms with Gasteiger partial charge in [-0.1, -0.05) is 19.8 Å². The van der Waals surface area contributed by atoms with E-state index in [0.29, 0.717) is 22.6 Å². The summed E-state index contributed by atoms with van der Waals surface area (Å²) >= 11 is 0. The van der Waals surface area contributed by atoms with Crippen LogP contribution in [-0.4, -0.2) is 9.55 Å². The van der Waals surface area contributed by atoms with Crippen LogP contribution in [0.3, 0.4) is 0 Å². The maximum absolute atomic E-state index is 13.3. The fourth-order valence-corrected chi connectivity index (χ4v) is 3.32. The molecule has 0 radical (unpaired) electrons. The number of hydrogen-bond donors (Lipinski definition) is 1. The molecule has 21 heavy (non-hydrogen) atoms. The van der Waals surface area contributed by atoms with Gasteiger partial charge in [-0.25, -0.2) is 4.98 Å². The van der Waals surface area contributed by atoms with Crippen LogP contribution >= 0.6 is 0 Å². The van der Waals surface area contributed by atoms with Gasteiger partial charge in [-0.3, -0.25) is 0 Å². The van der Waals surface area contributed by atoms with Crippen LogP contribution in [0.25, 0.3) is 11.0 Å². The molecular formula is C15H18F3N3. The maximum atomic E-state index is 13.3. The predicted octanol–water partition coefficient (Wildman–Crippen LogP) is 4.39. The van der Waals surface area contributed by atoms with Gasteiger partial charge in [0, 0.05) is 11.7 Å². The summed E-state index contributed by atoms with van der Waals surface area (Å²) in [6, 6.07) is 4.64. The highest BCUT2D eigenvalue weighted by Crippen LogP contribution is 2.40. The number of fused-ring (bicyclic) bond motifs is 1. The number of imidazole rings is 1. The Morgan fingerprint density at radius 1 is 1.29 bits per heavy atom. The highest BCUT2D eigenvalue weighted by atomic mass is 19.4. The lowest BCUT2D eigenvalue weighted by Gasteiger charge is -2.29. The Kier molecular flexibility index (Phi) is 3.34. The van der Waals surface area contributed by atoms with Crippen molar-refractivity contribution in [1.29, 1.82) is 0 Å². The van der Waals surface area contributed by atoms with E-state index in [1.54, 1.807) is 12.1 Å². The van der Waals surface area contributed by atoms with Crippen molar-refractivity contribution in [3.8, 4) is 0 Å². The van der Waals surface area contributed by atoms with E-state index < -0.39 is 12.0 Å². The van der Waals surface area contributed by atoms with E-state index in [4.69, 9.17) is 5.73 Å². The Bertz CT molecular complexity index is 660. The fourth-order valence-electron chi connectivity index (χ4n) is 3.32. The smallest absolute Gasteiger partial charge is 0.399 e. The molecule has 0 amide bonds. The molecule has 1 aromatic carbocycles. The minimum Gasteiger partial charge on any atom is -0.399 e. The maximum Gasteiger partial charge on any atom is 0.449 e. The van der Waals surface area contributed by atoms with Crippen molar-refractivity contribution in [3.05, 3.63) is 24.0 Å². The van der Waals surface area contributed by atoms with Crippen LogP contribution in [0.2, 0.25) is 0 Å². The van der Waals surface area contributed by atoms with Crippen molar-refractivity contribution in [1.82, 2.24) is 9.55 Å². The minimum absolute atomic E-state index is 0.140. The van der Waals surface area contributed by atoms with E-state index in [2.05, 4.69) is 11.9 Å². The highest BCUT2D eigenvalue weighted by molar-refractivity contribution is 5.80. The SMILES string of the molecule is CC1CCCC(n2c(C(F)(F)F)nc3cc(N)ccc32)C1. The van der Waals surface area contributed by atoms with Crippen LogP contribution in [0.4, 0.5) is 18.9 Å². The molecule has 1 saturated carbocycles. The van der Waals surface area contributed by atoms with Crippen molar-refractivity contribution >= 4 is 16.7 Å². The molecule has 0 spiro atoms. The van der Waals surface area contributed by atoms with E-state index in [0.717, 1.165) is 25.7 Å². The van der Waals surface area contributed by atoms with Gasteiger partial charge in [0.25, 0.3) is 0 Å². The molecule has 114 valence electrons. The number of nitrogen functional groups attached to an aromatic ring is 1. The summed E-state index contributed by atoms with van der Waals surface area (Å²) in [5.74, 6) is -0.363. The second-order valence-corrected chi connectivity index (χ2v) is 5.98. The van der Waals surface area contributed by atoms with Crippen LogP contribution in [0, 0.1) is 5.92 Å². The molecule has 0 aliphatic heterocycles. The third-order valence-corrected chi connectivity index (χ3v) is 4.24. The Labute approximate surface area is 121 Å². The van der Waals surface area contributed by atoms with Crippen molar-refractivity contribution in [2.45, 2.75) is 44.8 Å². The molecule has 2 atom stereocenters. The first-order valence-electron chi connectivity index (χ1n) is 7.21. The molecular weight excluding hydrogens is 279 g/mol. The summed E-state index contributed by atoms with van der Waals surface area (Å²) in [5.41, 5.74) is 6.93. The third-order valence-electron chi connectivity index (χ3n) is 4.24. The molecule has 2 unspecified atom stereocenters. The first-order valence-corrected chi connectivity index (χ1v) is 7.21. The third kappa shape index (κ3) is 2.59. The Morgan fingerprint density at radius 2 is 2.05 bits per heavy atom. The number of anilines is 1. The summed E-state index contributed by atoms with van der Waals surface area (Å²) in [6.07, 6.45) is -0.883. The van der Waals surface area contributed by atoms with Gasteiger partial charge in [0.2, 0.25) is 5.82 Å². The zero-order valence-electron chi connectivity index (χ0n) is 11.8. The number of benzene rings is 1. The topological polar surface area (TPSA) is 43.8 Å². The standard InChI is InChI=1S/C15H18F3N3/c1-9-3-2-4-11(7-9)21-13-6-5-10(19)8-12(13)20-14(21)15(16,17)18/h5-6,8-9,11H,2-4,7,19H2,1H3. The second kappa shape index (κ2) is 4.93. The molecule has 1 aliphatic rings. The predicted molar refractivity (Wildman–Crippen MR) is 75.8 cm³/mol. The van der Waals surface area contributed by atoms with Gasteiger partial charge in [-0.15, -0.1) is 0 Å². The van der Waals surface area contributed by atoms with Gasteiger partial charge in [-0.2, -0.15) is 13.2 Å². The summed E-state index contributed by atoms with van der Waals surface area (Å²) in [5, 5.41) is 0.